The van der Waals surface area contributed by atoms with Crippen LogP contribution in [0.4, 0.5) is 9.59 Å². The van der Waals surface area contributed by atoms with Crippen LogP contribution in [0.2, 0.25) is 0 Å². The molecule has 3 aliphatic heterocycles. The van der Waals surface area contributed by atoms with Gasteiger partial charge in [0, 0.05) is 19.5 Å². The maximum absolute atomic E-state index is 13.5. The summed E-state index contributed by atoms with van der Waals surface area (Å²) in [5.74, 6) is 0.310. The van der Waals surface area contributed by atoms with Gasteiger partial charge in [-0.25, -0.2) is 19.6 Å². The molecule has 0 saturated carbocycles. The number of carboxylic acids is 1. The molecule has 0 unspecified atom stereocenters. The number of carboxylic acid groups (broad SMARTS) is 1. The molecule has 22 heteroatoms. The Morgan fingerprint density at radius 2 is 1.19 bits per heavy atom. The lowest BCUT2D eigenvalue weighted by Crippen LogP contribution is -2.54. The highest BCUT2D eigenvalue weighted by molar-refractivity contribution is 7.60. The molecule has 0 aliphatic carbocycles. The van der Waals surface area contributed by atoms with Crippen LogP contribution in [0, 0.1) is 5.92 Å². The number of aliphatic carboxylic acids is 1. The van der Waals surface area contributed by atoms with Crippen LogP contribution in [0.3, 0.4) is 0 Å². The molecule has 5 heterocycles. The van der Waals surface area contributed by atoms with Crippen LogP contribution in [0.1, 0.15) is 90.5 Å². The third kappa shape index (κ3) is 14.3. The number of nitrogens with one attached hydrogen (secondary N) is 4. The van der Waals surface area contributed by atoms with Gasteiger partial charge in [0.2, 0.25) is 11.8 Å². The van der Waals surface area contributed by atoms with E-state index in [4.69, 9.17) is 19.4 Å². The summed E-state index contributed by atoms with van der Waals surface area (Å²) >= 11 is 0. The average Bonchev–Trinajstić information content (AvgIpc) is 4.04. The predicted octanol–water partition coefficient (Wildman–Crippen LogP) is 7.18. The number of H-pyrrole nitrogens is 2. The first-order valence-electron chi connectivity index (χ1n) is 19.2. The first kappa shape index (κ1) is 61.6. The van der Waals surface area contributed by atoms with Crippen molar-refractivity contribution in [1.29, 1.82) is 0 Å². The molecule has 2 aromatic heterocycles. The maximum Gasteiger partial charge on any atom is 0.407 e. The highest BCUT2D eigenvalue weighted by Gasteiger charge is 2.45. The fraction of sp³-hybridized carbons (Fsp3) is 0.452. The predicted molar refractivity (Wildman–Crippen MR) is 273 cm³/mol. The molecule has 64 heavy (non-hydrogen) atoms. The number of ether oxygens (including phenoxy) is 2. The largest absolute Gasteiger partial charge is 0.481 e. The van der Waals surface area contributed by atoms with E-state index >= 15 is 0 Å². The van der Waals surface area contributed by atoms with Gasteiger partial charge in [-0.15, -0.1) is 0 Å². The summed E-state index contributed by atoms with van der Waals surface area (Å²) in [7, 11) is 2.59. The van der Waals surface area contributed by atoms with Gasteiger partial charge in [-0.2, -0.15) is 67.5 Å². The Bertz CT molecular complexity index is 2080. The number of benzene rings is 2. The number of fused-ring (bicyclic) bond motifs is 1. The Balaban J connectivity index is 0. The van der Waals surface area contributed by atoms with E-state index in [-0.39, 0.29) is 117 Å². The minimum absolute atomic E-state index is 0. The van der Waals surface area contributed by atoms with Crippen molar-refractivity contribution >= 4 is 97.4 Å². The second-order valence-corrected chi connectivity index (χ2v) is 14.8. The number of methoxy groups -OCH3 is 2. The van der Waals surface area contributed by atoms with Crippen LogP contribution in [-0.2, 0) is 23.9 Å². The Morgan fingerprint density at radius 3 is 1.66 bits per heavy atom. The maximum atomic E-state index is 13.5. The minimum atomic E-state index is -0.833. The molecule has 3 fully saturated rings. The van der Waals surface area contributed by atoms with Crippen molar-refractivity contribution in [2.45, 2.75) is 96.9 Å². The fourth-order valence-corrected chi connectivity index (χ4v) is 7.95. The second-order valence-electron chi connectivity index (χ2n) is 14.8. The highest BCUT2D eigenvalue weighted by Crippen LogP contribution is 2.41. The summed E-state index contributed by atoms with van der Waals surface area (Å²) in [6.07, 6.45) is 7.18. The molecule has 7 rings (SSSR count). The Kier molecular flexibility index (Phi) is 26.7. The number of aromatic amines is 2. The molecule has 4 amide bonds. The standard InChI is InChI=1S/C39H46N8O6.C2H4O2.CH4.H3N.5H2S/c1-22(2)33(45-39(51)53-4)37(49)46-19-5-6-31(46)34-40-20-29(42-34)25-11-7-23(8-12-25)24-9-13-26(14-10-24)30-21-41-35(43-30)32-18-16-27-15-17-28(36(48)47(27)32)44-38(50)52-3;1-2(3)4;;;;;;;/h7-14,20-22,27-28,31-33H,5-6,15-19H2,1-4H3,(H,40,42)(H,41,43)(H,44,50)(H,45,51);1H3,(H,3,4);1H4;1H3;5*1H2/t27-,28-,31-,32-,33-;;;;;;;;/m0......../s1. The lowest BCUT2D eigenvalue weighted by Gasteiger charge is -2.37. The van der Waals surface area contributed by atoms with Crippen LogP contribution in [0.5, 0.6) is 0 Å². The van der Waals surface area contributed by atoms with E-state index in [2.05, 4.69) is 79.1 Å². The third-order valence-corrected chi connectivity index (χ3v) is 10.8. The number of imidazole rings is 2. The van der Waals surface area contributed by atoms with Crippen LogP contribution in [0.15, 0.2) is 60.9 Å². The highest BCUT2D eigenvalue weighted by atomic mass is 32.1. The summed E-state index contributed by atoms with van der Waals surface area (Å²) < 4.78 is 9.47. The van der Waals surface area contributed by atoms with Gasteiger partial charge in [-0.3, -0.25) is 14.4 Å². The number of rotatable bonds is 9. The zero-order chi connectivity index (χ0) is 40.8. The van der Waals surface area contributed by atoms with Crippen molar-refractivity contribution in [2.75, 3.05) is 20.8 Å². The van der Waals surface area contributed by atoms with Crippen molar-refractivity contribution in [1.82, 2.24) is 46.5 Å². The molecule has 4 aromatic rings. The molecular formula is C42H67N9O8S5. The van der Waals surface area contributed by atoms with Gasteiger partial charge in [0.15, 0.2) is 0 Å². The fourth-order valence-electron chi connectivity index (χ4n) is 7.95. The van der Waals surface area contributed by atoms with E-state index in [9.17, 15) is 19.2 Å². The molecule has 5 atom stereocenters. The molecule has 8 N–H and O–H groups in total. The first-order valence-corrected chi connectivity index (χ1v) is 19.2. The van der Waals surface area contributed by atoms with Crippen LogP contribution < -0.4 is 16.8 Å². The summed E-state index contributed by atoms with van der Waals surface area (Å²) in [6.45, 7) is 5.48. The van der Waals surface area contributed by atoms with Crippen molar-refractivity contribution in [3.8, 4) is 33.6 Å². The minimum Gasteiger partial charge on any atom is -0.481 e. The van der Waals surface area contributed by atoms with Crippen LogP contribution in [0.25, 0.3) is 33.6 Å². The molecular weight excluding hydrogens is 919 g/mol. The first-order chi connectivity index (χ1) is 27.4. The zero-order valence-electron chi connectivity index (χ0n) is 36.0. The molecule has 0 spiro atoms. The monoisotopic (exact) mass is 985 g/mol. The number of carbonyl (C=O) groups excluding carboxylic acids is 4. The number of amides is 4. The van der Waals surface area contributed by atoms with E-state index in [0.29, 0.717) is 13.0 Å². The molecule has 3 saturated heterocycles. The molecule has 17 nitrogen and oxygen atoms in total. The summed E-state index contributed by atoms with van der Waals surface area (Å²) in [5, 5.41) is 12.8. The number of likely N-dealkylation sites (tertiary alicyclic amines) is 1. The second kappa shape index (κ2) is 27.8. The number of aromatic nitrogens is 4. The number of carbonyl (C=O) groups is 5. The van der Waals surface area contributed by atoms with Gasteiger partial charge in [-0.05, 0) is 66.7 Å². The molecule has 0 bridgehead atoms. The number of alkyl carbamates (subject to hydrolysis) is 2. The van der Waals surface area contributed by atoms with Crippen LogP contribution in [-0.4, -0.2) is 104 Å². The smallest absolute Gasteiger partial charge is 0.407 e. The van der Waals surface area contributed by atoms with Crippen molar-refractivity contribution < 1.29 is 38.6 Å². The average molecular weight is 986 g/mol. The van der Waals surface area contributed by atoms with Gasteiger partial charge in [-0.1, -0.05) is 69.8 Å². The number of piperidine rings is 1. The van der Waals surface area contributed by atoms with E-state index < -0.39 is 30.2 Å². The Labute approximate surface area is 410 Å². The molecule has 0 radical (unpaired) electrons. The quantitative estimate of drug-likeness (QED) is 0.0980. The van der Waals surface area contributed by atoms with Gasteiger partial charge in [0.1, 0.15) is 23.7 Å². The van der Waals surface area contributed by atoms with Gasteiger partial charge < -0.3 is 51.1 Å². The lowest BCUT2D eigenvalue weighted by atomic mass is 9.98. The Hall–Kier alpha value is -4.48. The van der Waals surface area contributed by atoms with E-state index in [0.717, 1.165) is 84.3 Å². The van der Waals surface area contributed by atoms with E-state index in [1.54, 1.807) is 11.1 Å². The lowest BCUT2D eigenvalue weighted by molar-refractivity contribution is -0.140. The molecule has 3 aliphatic rings. The third-order valence-electron chi connectivity index (χ3n) is 10.8. The summed E-state index contributed by atoms with van der Waals surface area (Å²) in [6, 6.07) is 15.0. The Morgan fingerprint density at radius 1 is 0.734 bits per heavy atom. The molecule has 358 valence electrons. The zero-order valence-corrected chi connectivity index (χ0v) is 41.0. The van der Waals surface area contributed by atoms with Crippen molar-refractivity contribution in [3.05, 3.63) is 72.6 Å². The van der Waals surface area contributed by atoms with Crippen molar-refractivity contribution in [2.24, 2.45) is 5.92 Å². The topological polar surface area (TPSA) is 247 Å². The summed E-state index contributed by atoms with van der Waals surface area (Å²) in [5.41, 5.74) is 5.82. The van der Waals surface area contributed by atoms with Crippen molar-refractivity contribution in [3.63, 3.8) is 0 Å². The number of hydrogen-bond acceptors (Lipinski definition) is 10. The van der Waals surface area contributed by atoms with Crippen LogP contribution >= 0.6 is 67.5 Å². The van der Waals surface area contributed by atoms with Gasteiger partial charge in [0.25, 0.3) is 5.97 Å². The number of nitrogens with zero attached hydrogens (tertiary/aromatic N) is 4. The summed E-state index contributed by atoms with van der Waals surface area (Å²) in [4.78, 5) is 79.5. The normalized spacial score (nSPS) is 18.4. The molecule has 2 aromatic carbocycles. The SMILES string of the molecule is C.CC(=O)O.COC(=O)N[C@H]1CC[C@H]2CC[C@@H](c3ncc(-c4ccc(-c5ccc(-c6cnc([C@@H]7CCCN7C(=O)[C@@H](NC(=O)OC)C(C)C)[nH]6)cc5)cc4)[nH]3)N2C1=O.N.S.S.S.S.S. The van der Waals surface area contributed by atoms with Gasteiger partial charge >= 0.3 is 12.2 Å². The van der Waals surface area contributed by atoms with Gasteiger partial charge in [0.05, 0.1) is 50.1 Å². The van der Waals surface area contributed by atoms with E-state index in [1.165, 1.54) is 14.2 Å². The van der Waals surface area contributed by atoms with E-state index in [1.807, 2.05) is 24.9 Å². The number of hydrogen-bond donors (Lipinski definition) is 6.